The van der Waals surface area contributed by atoms with Crippen LogP contribution in [0.25, 0.3) is 0 Å². The van der Waals surface area contributed by atoms with E-state index in [4.69, 9.17) is 14.2 Å². The second-order valence-electron chi connectivity index (χ2n) is 7.19. The fourth-order valence-corrected chi connectivity index (χ4v) is 3.62. The molecule has 30 heavy (non-hydrogen) atoms. The predicted molar refractivity (Wildman–Crippen MR) is 115 cm³/mol. The van der Waals surface area contributed by atoms with Crippen LogP contribution in [0.2, 0.25) is 0 Å². The molecule has 0 N–H and O–H groups in total. The molecule has 0 radical (unpaired) electrons. The summed E-state index contributed by atoms with van der Waals surface area (Å²) in [4.78, 5) is 23.4. The number of methoxy groups -OCH3 is 3. The van der Waals surface area contributed by atoms with Gasteiger partial charge in [0.15, 0.2) is 11.5 Å². The molecular weight excluding hydrogens is 384 g/mol. The van der Waals surface area contributed by atoms with Crippen molar-refractivity contribution >= 4 is 11.7 Å². The summed E-state index contributed by atoms with van der Waals surface area (Å²) in [6.07, 6.45) is 1.81. The van der Waals surface area contributed by atoms with Crippen LogP contribution >= 0.6 is 0 Å². The van der Waals surface area contributed by atoms with Crippen LogP contribution in [-0.2, 0) is 11.3 Å². The standard InChI is InChI=1S/C22H30N4O4/c1-24(15-17-8-9-18(28-2)22(30-4)21(17)29-3)20(27)16-25-11-13-26(14-12-25)19-7-5-6-10-23-19/h5-10H,11-16H2,1-4H3. The van der Waals surface area contributed by atoms with Gasteiger partial charge in [-0.25, -0.2) is 4.98 Å². The van der Waals surface area contributed by atoms with E-state index in [0.29, 0.717) is 30.3 Å². The monoisotopic (exact) mass is 414 g/mol. The van der Waals surface area contributed by atoms with E-state index in [2.05, 4.69) is 14.8 Å². The molecule has 8 nitrogen and oxygen atoms in total. The maximum atomic E-state index is 12.8. The Morgan fingerprint density at radius 2 is 1.73 bits per heavy atom. The van der Waals surface area contributed by atoms with Crippen molar-refractivity contribution < 1.29 is 19.0 Å². The van der Waals surface area contributed by atoms with Gasteiger partial charge in [0.05, 0.1) is 27.9 Å². The highest BCUT2D eigenvalue weighted by Gasteiger charge is 2.23. The zero-order valence-electron chi connectivity index (χ0n) is 18.1. The van der Waals surface area contributed by atoms with Crippen LogP contribution < -0.4 is 19.1 Å². The summed E-state index contributed by atoms with van der Waals surface area (Å²) in [5.41, 5.74) is 0.867. The summed E-state index contributed by atoms with van der Waals surface area (Å²) < 4.78 is 16.3. The van der Waals surface area contributed by atoms with E-state index in [0.717, 1.165) is 37.6 Å². The molecule has 0 spiro atoms. The van der Waals surface area contributed by atoms with E-state index in [-0.39, 0.29) is 5.91 Å². The zero-order valence-corrected chi connectivity index (χ0v) is 18.1. The first kappa shape index (κ1) is 21.7. The summed E-state index contributed by atoms with van der Waals surface area (Å²) >= 11 is 0. The number of pyridine rings is 1. The van der Waals surface area contributed by atoms with Crippen LogP contribution in [-0.4, -0.2) is 81.8 Å². The Bertz CT molecular complexity index is 839. The Labute approximate surface area is 177 Å². The van der Waals surface area contributed by atoms with Gasteiger partial charge in [0.2, 0.25) is 11.7 Å². The Hall–Kier alpha value is -3.00. The SMILES string of the molecule is COc1ccc(CN(C)C(=O)CN2CCN(c3ccccn3)CC2)c(OC)c1OC. The van der Waals surface area contributed by atoms with Crippen molar-refractivity contribution in [3.63, 3.8) is 0 Å². The number of likely N-dealkylation sites (N-methyl/N-ethyl adjacent to an activating group) is 1. The predicted octanol–water partition coefficient (Wildman–Crippen LogP) is 1.89. The quantitative estimate of drug-likeness (QED) is 0.653. The highest BCUT2D eigenvalue weighted by Crippen LogP contribution is 2.40. The van der Waals surface area contributed by atoms with Gasteiger partial charge >= 0.3 is 0 Å². The van der Waals surface area contributed by atoms with E-state index < -0.39 is 0 Å². The summed E-state index contributed by atoms with van der Waals surface area (Å²) in [6, 6.07) is 9.66. The molecule has 8 heteroatoms. The Morgan fingerprint density at radius 3 is 2.33 bits per heavy atom. The number of rotatable bonds is 8. The number of hydrogen-bond acceptors (Lipinski definition) is 7. The number of ether oxygens (including phenoxy) is 3. The molecule has 0 saturated carbocycles. The number of benzene rings is 1. The maximum Gasteiger partial charge on any atom is 0.236 e. The van der Waals surface area contributed by atoms with Gasteiger partial charge in [0.1, 0.15) is 5.82 Å². The minimum absolute atomic E-state index is 0.0677. The molecule has 0 bridgehead atoms. The van der Waals surface area contributed by atoms with E-state index >= 15 is 0 Å². The molecule has 162 valence electrons. The van der Waals surface area contributed by atoms with Crippen LogP contribution in [0.15, 0.2) is 36.5 Å². The number of carbonyl (C=O) groups is 1. The molecule has 1 aromatic heterocycles. The molecule has 0 aliphatic carbocycles. The molecular formula is C22H30N4O4. The lowest BCUT2D eigenvalue weighted by molar-refractivity contribution is -0.131. The van der Waals surface area contributed by atoms with Gasteiger partial charge in [0.25, 0.3) is 0 Å². The van der Waals surface area contributed by atoms with Crippen LogP contribution in [0.1, 0.15) is 5.56 Å². The average molecular weight is 415 g/mol. The van der Waals surface area contributed by atoms with Crippen LogP contribution in [0.3, 0.4) is 0 Å². The maximum absolute atomic E-state index is 12.8. The summed E-state index contributed by atoms with van der Waals surface area (Å²) in [7, 11) is 6.55. The summed E-state index contributed by atoms with van der Waals surface area (Å²) in [5, 5.41) is 0. The van der Waals surface area contributed by atoms with E-state index in [1.807, 2.05) is 43.6 Å². The van der Waals surface area contributed by atoms with E-state index in [1.165, 1.54) is 0 Å². The molecule has 1 aliphatic rings. The third kappa shape index (κ3) is 4.94. The van der Waals surface area contributed by atoms with Gasteiger partial charge in [-0.05, 0) is 24.3 Å². The molecule has 1 aromatic carbocycles. The molecule has 2 heterocycles. The number of aromatic nitrogens is 1. The van der Waals surface area contributed by atoms with Crippen LogP contribution in [0.5, 0.6) is 17.2 Å². The molecule has 0 atom stereocenters. The fourth-order valence-electron chi connectivity index (χ4n) is 3.62. The first-order chi connectivity index (χ1) is 14.6. The molecule has 1 saturated heterocycles. The molecule has 1 aliphatic heterocycles. The molecule has 2 aromatic rings. The lowest BCUT2D eigenvalue weighted by Gasteiger charge is -2.35. The summed E-state index contributed by atoms with van der Waals surface area (Å²) in [5.74, 6) is 2.77. The fraction of sp³-hybridized carbons (Fsp3) is 0.455. The number of amides is 1. The van der Waals surface area contributed by atoms with Crippen molar-refractivity contribution in [3.8, 4) is 17.2 Å². The largest absolute Gasteiger partial charge is 0.493 e. The van der Waals surface area contributed by atoms with Gasteiger partial charge in [-0.3, -0.25) is 9.69 Å². The number of nitrogens with zero attached hydrogens (tertiary/aromatic N) is 4. The highest BCUT2D eigenvalue weighted by molar-refractivity contribution is 5.78. The molecule has 0 unspecified atom stereocenters. The first-order valence-corrected chi connectivity index (χ1v) is 9.97. The second kappa shape index (κ2) is 10.2. The van der Waals surface area contributed by atoms with Gasteiger partial charge in [0, 0.05) is 51.5 Å². The zero-order chi connectivity index (χ0) is 21.5. The number of anilines is 1. The van der Waals surface area contributed by atoms with Crippen LogP contribution in [0, 0.1) is 0 Å². The van der Waals surface area contributed by atoms with Crippen molar-refractivity contribution in [1.82, 2.24) is 14.8 Å². The van der Waals surface area contributed by atoms with Crippen molar-refractivity contribution in [2.75, 3.05) is 66.0 Å². The topological polar surface area (TPSA) is 67.4 Å². The lowest BCUT2D eigenvalue weighted by Crippen LogP contribution is -2.49. The second-order valence-corrected chi connectivity index (χ2v) is 7.19. The minimum atomic E-state index is 0.0677. The average Bonchev–Trinajstić information content (AvgIpc) is 2.79. The molecule has 3 rings (SSSR count). The van der Waals surface area contributed by atoms with Crippen molar-refractivity contribution in [1.29, 1.82) is 0 Å². The van der Waals surface area contributed by atoms with Crippen LogP contribution in [0.4, 0.5) is 5.82 Å². The van der Waals surface area contributed by atoms with Gasteiger partial charge < -0.3 is 24.0 Å². The first-order valence-electron chi connectivity index (χ1n) is 9.97. The van der Waals surface area contributed by atoms with E-state index in [1.54, 1.807) is 26.2 Å². The third-order valence-electron chi connectivity index (χ3n) is 5.32. The Kier molecular flexibility index (Phi) is 7.35. The lowest BCUT2D eigenvalue weighted by atomic mass is 10.1. The smallest absolute Gasteiger partial charge is 0.236 e. The van der Waals surface area contributed by atoms with Gasteiger partial charge in [-0.15, -0.1) is 0 Å². The van der Waals surface area contributed by atoms with E-state index in [9.17, 15) is 4.79 Å². The van der Waals surface area contributed by atoms with Crippen molar-refractivity contribution in [2.45, 2.75) is 6.54 Å². The Balaban J connectivity index is 1.57. The number of hydrogen-bond donors (Lipinski definition) is 0. The van der Waals surface area contributed by atoms with Crippen molar-refractivity contribution in [3.05, 3.63) is 42.1 Å². The summed E-state index contributed by atoms with van der Waals surface area (Å²) in [6.45, 7) is 4.19. The minimum Gasteiger partial charge on any atom is -0.493 e. The molecule has 1 amide bonds. The van der Waals surface area contributed by atoms with Gasteiger partial charge in [-0.2, -0.15) is 0 Å². The highest BCUT2D eigenvalue weighted by atomic mass is 16.5. The Morgan fingerprint density at radius 1 is 1.00 bits per heavy atom. The number of piperazine rings is 1. The molecule has 1 fully saturated rings. The van der Waals surface area contributed by atoms with Crippen molar-refractivity contribution in [2.24, 2.45) is 0 Å². The number of carbonyl (C=O) groups excluding carboxylic acids is 1. The third-order valence-corrected chi connectivity index (χ3v) is 5.32. The normalized spacial score (nSPS) is 14.3. The van der Waals surface area contributed by atoms with Gasteiger partial charge in [-0.1, -0.05) is 6.07 Å².